The Morgan fingerprint density at radius 3 is 2.48 bits per heavy atom. The van der Waals surface area contributed by atoms with Crippen molar-refractivity contribution >= 4 is 0 Å². The van der Waals surface area contributed by atoms with Crippen molar-refractivity contribution in [2.75, 3.05) is 34.3 Å². The molecule has 1 unspecified atom stereocenters. The van der Waals surface area contributed by atoms with E-state index in [4.69, 9.17) is 4.74 Å². The van der Waals surface area contributed by atoms with E-state index in [0.29, 0.717) is 12.3 Å². The molecule has 4 heteroatoms. The molecule has 0 aliphatic heterocycles. The van der Waals surface area contributed by atoms with Crippen LogP contribution < -0.4 is 0 Å². The maximum absolute atomic E-state index is 10.3. The van der Waals surface area contributed by atoms with Gasteiger partial charge in [-0.3, -0.25) is 9.80 Å². The van der Waals surface area contributed by atoms with Crippen LogP contribution in [0, 0.1) is 0 Å². The molecule has 0 radical (unpaired) electrons. The number of allylic oxidation sites excluding steroid dienone is 3. The number of unbranched alkanes of at least 4 members (excludes halogenated alkanes) is 1. The van der Waals surface area contributed by atoms with Gasteiger partial charge in [-0.15, -0.1) is 0 Å². The monoisotopic (exact) mass is 296 g/mol. The highest BCUT2D eigenvalue weighted by Crippen LogP contribution is 2.14. The van der Waals surface area contributed by atoms with Crippen LogP contribution >= 0.6 is 0 Å². The van der Waals surface area contributed by atoms with E-state index in [1.807, 2.05) is 31.1 Å². The molecule has 0 bridgehead atoms. The molecule has 1 atom stereocenters. The molecule has 21 heavy (non-hydrogen) atoms. The Bertz CT molecular complexity index is 349. The van der Waals surface area contributed by atoms with E-state index in [2.05, 4.69) is 26.5 Å². The van der Waals surface area contributed by atoms with Crippen LogP contribution in [0.2, 0.25) is 0 Å². The van der Waals surface area contributed by atoms with Crippen LogP contribution in [0.1, 0.15) is 33.1 Å². The first-order chi connectivity index (χ1) is 9.97. The molecule has 0 amide bonds. The molecule has 0 saturated carbocycles. The second-order valence-electron chi connectivity index (χ2n) is 5.29. The van der Waals surface area contributed by atoms with E-state index in [-0.39, 0.29) is 0 Å². The summed E-state index contributed by atoms with van der Waals surface area (Å²) < 4.78 is 5.27. The van der Waals surface area contributed by atoms with Crippen LogP contribution in [0.3, 0.4) is 0 Å². The summed E-state index contributed by atoms with van der Waals surface area (Å²) in [5.41, 5.74) is 0.985. The Labute approximate surface area is 130 Å². The molecular weight excluding hydrogens is 264 g/mol. The number of hydrogen-bond donors (Lipinski definition) is 1. The lowest BCUT2D eigenvalue weighted by atomic mass is 10.1. The van der Waals surface area contributed by atoms with Gasteiger partial charge >= 0.3 is 0 Å². The average Bonchev–Trinajstić information content (AvgIpc) is 2.48. The minimum Gasteiger partial charge on any atom is -0.497 e. The molecule has 0 rings (SSSR count). The Kier molecular flexibility index (Phi) is 10.9. The van der Waals surface area contributed by atoms with Crippen molar-refractivity contribution in [3.8, 4) is 0 Å². The SMILES string of the molecule is C=C(OC)/C(=C\C=C\CC)CN(CCCC)C(O)N(C)C. The molecule has 0 aliphatic carbocycles. The zero-order valence-corrected chi connectivity index (χ0v) is 14.3. The average molecular weight is 296 g/mol. The summed E-state index contributed by atoms with van der Waals surface area (Å²) in [4.78, 5) is 3.82. The Morgan fingerprint density at radius 2 is 2.00 bits per heavy atom. The van der Waals surface area contributed by atoms with Crippen molar-refractivity contribution in [1.29, 1.82) is 0 Å². The summed E-state index contributed by atoms with van der Waals surface area (Å²) >= 11 is 0. The summed E-state index contributed by atoms with van der Waals surface area (Å²) in [6.07, 6.45) is 8.62. The highest BCUT2D eigenvalue weighted by molar-refractivity contribution is 5.29. The molecule has 0 aliphatic rings. The third kappa shape index (κ3) is 8.05. The van der Waals surface area contributed by atoms with Gasteiger partial charge in [0.2, 0.25) is 0 Å². The van der Waals surface area contributed by atoms with Gasteiger partial charge in [-0.2, -0.15) is 0 Å². The van der Waals surface area contributed by atoms with Crippen LogP contribution in [-0.2, 0) is 4.74 Å². The molecular formula is C17H32N2O2. The fourth-order valence-corrected chi connectivity index (χ4v) is 1.87. The normalized spacial score (nSPS) is 14.2. The largest absolute Gasteiger partial charge is 0.497 e. The summed E-state index contributed by atoms with van der Waals surface area (Å²) in [5.74, 6) is 0.642. The van der Waals surface area contributed by atoms with Crippen molar-refractivity contribution < 1.29 is 9.84 Å². The van der Waals surface area contributed by atoms with Crippen molar-refractivity contribution in [2.24, 2.45) is 0 Å². The Balaban J connectivity index is 5.05. The molecule has 0 aromatic heterocycles. The summed E-state index contributed by atoms with van der Waals surface area (Å²) in [6, 6.07) is 0. The predicted molar refractivity (Wildman–Crippen MR) is 89.8 cm³/mol. The van der Waals surface area contributed by atoms with Gasteiger partial charge in [0.05, 0.1) is 7.11 Å². The number of ether oxygens (including phenoxy) is 1. The van der Waals surface area contributed by atoms with Crippen molar-refractivity contribution in [1.82, 2.24) is 9.80 Å². The lowest BCUT2D eigenvalue weighted by Gasteiger charge is -2.32. The highest BCUT2D eigenvalue weighted by Gasteiger charge is 2.19. The number of nitrogens with zero attached hydrogens (tertiary/aromatic N) is 2. The lowest BCUT2D eigenvalue weighted by Crippen LogP contribution is -2.46. The first-order valence-corrected chi connectivity index (χ1v) is 7.65. The van der Waals surface area contributed by atoms with Crippen LogP contribution in [0.25, 0.3) is 0 Å². The molecule has 0 heterocycles. The van der Waals surface area contributed by atoms with Gasteiger partial charge in [-0.05, 0) is 26.9 Å². The van der Waals surface area contributed by atoms with Gasteiger partial charge in [0, 0.05) is 18.7 Å². The molecule has 122 valence electrons. The molecule has 0 aromatic carbocycles. The Morgan fingerprint density at radius 1 is 1.33 bits per heavy atom. The van der Waals surface area contributed by atoms with Gasteiger partial charge in [0.1, 0.15) is 5.76 Å². The van der Waals surface area contributed by atoms with E-state index < -0.39 is 6.35 Å². The Hall–Kier alpha value is -1.10. The fraction of sp³-hybridized carbons (Fsp3) is 0.647. The smallest absolute Gasteiger partial charge is 0.165 e. The minimum absolute atomic E-state index is 0.611. The molecule has 0 spiro atoms. The number of aliphatic hydroxyl groups is 1. The van der Waals surface area contributed by atoms with E-state index >= 15 is 0 Å². The maximum atomic E-state index is 10.3. The standard InChI is InChI=1S/C17H32N2O2/c1-7-9-11-12-16(15(3)21-6)14-19(13-10-8-2)17(20)18(4)5/h9,11-12,17,20H,3,7-8,10,13-14H2,1-2,4-6H3/b11-9+,16-12-. The minimum atomic E-state index is -0.611. The number of aliphatic hydroxyl groups excluding tert-OH is 1. The summed E-state index contributed by atoms with van der Waals surface area (Å²) in [5, 5.41) is 10.3. The molecule has 4 nitrogen and oxygen atoms in total. The number of methoxy groups -OCH3 is 1. The van der Waals surface area contributed by atoms with Crippen molar-refractivity contribution in [3.63, 3.8) is 0 Å². The molecule has 0 saturated heterocycles. The predicted octanol–water partition coefficient (Wildman–Crippen LogP) is 2.98. The van der Waals surface area contributed by atoms with E-state index in [9.17, 15) is 5.11 Å². The van der Waals surface area contributed by atoms with Crippen molar-refractivity contribution in [3.05, 3.63) is 36.1 Å². The van der Waals surface area contributed by atoms with Crippen LogP contribution in [0.15, 0.2) is 36.1 Å². The quantitative estimate of drug-likeness (QED) is 0.361. The summed E-state index contributed by atoms with van der Waals surface area (Å²) in [6.45, 7) is 9.63. The zero-order chi connectivity index (χ0) is 16.3. The summed E-state index contributed by atoms with van der Waals surface area (Å²) in [7, 11) is 5.36. The van der Waals surface area contributed by atoms with E-state index in [1.165, 1.54) is 0 Å². The maximum Gasteiger partial charge on any atom is 0.165 e. The van der Waals surface area contributed by atoms with Crippen LogP contribution in [0.4, 0.5) is 0 Å². The number of hydrogen-bond acceptors (Lipinski definition) is 4. The van der Waals surface area contributed by atoms with Gasteiger partial charge in [-0.1, -0.05) is 45.1 Å². The second kappa shape index (κ2) is 11.5. The van der Waals surface area contributed by atoms with Gasteiger partial charge in [0.25, 0.3) is 0 Å². The first kappa shape index (κ1) is 19.9. The van der Waals surface area contributed by atoms with E-state index in [0.717, 1.165) is 31.4 Å². The topological polar surface area (TPSA) is 35.9 Å². The third-order valence-corrected chi connectivity index (χ3v) is 3.23. The van der Waals surface area contributed by atoms with Crippen molar-refractivity contribution in [2.45, 2.75) is 39.5 Å². The highest BCUT2D eigenvalue weighted by atomic mass is 16.5. The molecule has 0 aromatic rings. The van der Waals surface area contributed by atoms with Gasteiger partial charge < -0.3 is 9.84 Å². The number of rotatable bonds is 11. The van der Waals surface area contributed by atoms with Crippen LogP contribution in [-0.4, -0.2) is 55.6 Å². The second-order valence-corrected chi connectivity index (χ2v) is 5.29. The van der Waals surface area contributed by atoms with Gasteiger partial charge in [0.15, 0.2) is 6.35 Å². The fourth-order valence-electron chi connectivity index (χ4n) is 1.87. The lowest BCUT2D eigenvalue weighted by molar-refractivity contribution is -0.0866. The zero-order valence-electron chi connectivity index (χ0n) is 14.3. The molecule has 0 fully saturated rings. The van der Waals surface area contributed by atoms with E-state index in [1.54, 1.807) is 12.0 Å². The first-order valence-electron chi connectivity index (χ1n) is 7.65. The van der Waals surface area contributed by atoms with Crippen LogP contribution in [0.5, 0.6) is 0 Å². The molecule has 1 N–H and O–H groups in total. The van der Waals surface area contributed by atoms with Gasteiger partial charge in [-0.25, -0.2) is 0 Å². The third-order valence-electron chi connectivity index (χ3n) is 3.23.